The zero-order chi connectivity index (χ0) is 19.8. The Morgan fingerprint density at radius 1 is 1.07 bits per heavy atom. The van der Waals surface area contributed by atoms with Crippen molar-refractivity contribution in [2.45, 2.75) is 32.4 Å². The first kappa shape index (κ1) is 19.3. The van der Waals surface area contributed by atoms with Gasteiger partial charge in [-0.15, -0.1) is 0 Å². The van der Waals surface area contributed by atoms with Crippen LogP contribution in [0.25, 0.3) is 0 Å². The number of nitrogens with zero attached hydrogens (tertiary/aromatic N) is 3. The average molecular weight is 377 g/mol. The zero-order valence-electron chi connectivity index (χ0n) is 15.7. The normalized spacial score (nSPS) is 11.6. The minimum Gasteiger partial charge on any atom is -0.349 e. The Labute approximate surface area is 163 Å². The number of benzene rings is 1. The van der Waals surface area contributed by atoms with Crippen molar-refractivity contribution in [3.8, 4) is 0 Å². The lowest BCUT2D eigenvalue weighted by atomic mass is 10.0. The van der Waals surface area contributed by atoms with Crippen LogP contribution in [0.5, 0.6) is 0 Å². The Morgan fingerprint density at radius 2 is 1.82 bits per heavy atom. The summed E-state index contributed by atoms with van der Waals surface area (Å²) in [5, 5.41) is 10.0. The molecule has 7 nitrogen and oxygen atoms in total. The Bertz CT molecular complexity index is 909. The van der Waals surface area contributed by atoms with Gasteiger partial charge in [0.15, 0.2) is 5.82 Å². The molecule has 0 aliphatic rings. The Hall–Kier alpha value is -3.48. The number of hydrogen-bond donors (Lipinski definition) is 2. The van der Waals surface area contributed by atoms with Gasteiger partial charge in [-0.05, 0) is 29.7 Å². The maximum Gasteiger partial charge on any atom is 0.227 e. The van der Waals surface area contributed by atoms with E-state index in [0.29, 0.717) is 12.4 Å². The van der Waals surface area contributed by atoms with Crippen LogP contribution in [0, 0.1) is 0 Å². The van der Waals surface area contributed by atoms with Crippen LogP contribution >= 0.6 is 0 Å². The second kappa shape index (κ2) is 9.45. The van der Waals surface area contributed by atoms with E-state index in [2.05, 4.69) is 20.7 Å². The monoisotopic (exact) mass is 377 g/mol. The van der Waals surface area contributed by atoms with Crippen molar-refractivity contribution in [1.82, 2.24) is 20.1 Å². The van der Waals surface area contributed by atoms with E-state index >= 15 is 0 Å². The van der Waals surface area contributed by atoms with Gasteiger partial charge >= 0.3 is 0 Å². The van der Waals surface area contributed by atoms with E-state index in [4.69, 9.17) is 0 Å². The van der Waals surface area contributed by atoms with Crippen LogP contribution < -0.4 is 10.6 Å². The van der Waals surface area contributed by atoms with E-state index in [-0.39, 0.29) is 24.3 Å². The van der Waals surface area contributed by atoms with Crippen molar-refractivity contribution >= 4 is 17.6 Å². The van der Waals surface area contributed by atoms with Crippen molar-refractivity contribution in [3.63, 3.8) is 0 Å². The fraction of sp³-hybridized carbons (Fsp3) is 0.238. The van der Waals surface area contributed by atoms with Gasteiger partial charge in [-0.25, -0.2) is 0 Å². The predicted molar refractivity (Wildman–Crippen MR) is 106 cm³/mol. The van der Waals surface area contributed by atoms with Gasteiger partial charge in [0.1, 0.15) is 0 Å². The Morgan fingerprint density at radius 3 is 2.54 bits per heavy atom. The van der Waals surface area contributed by atoms with E-state index in [1.54, 1.807) is 23.1 Å². The third kappa shape index (κ3) is 5.77. The number of hydrogen-bond acceptors (Lipinski definition) is 4. The van der Waals surface area contributed by atoms with Crippen LogP contribution in [-0.2, 0) is 22.6 Å². The maximum atomic E-state index is 12.4. The van der Waals surface area contributed by atoms with E-state index in [1.165, 1.54) is 12.5 Å². The minimum absolute atomic E-state index is 0.132. The molecule has 1 unspecified atom stereocenters. The van der Waals surface area contributed by atoms with Crippen LogP contribution in [0.15, 0.2) is 67.1 Å². The summed E-state index contributed by atoms with van der Waals surface area (Å²) < 4.78 is 1.79. The highest BCUT2D eigenvalue weighted by Gasteiger charge is 2.17. The fourth-order valence-corrected chi connectivity index (χ4v) is 2.91. The highest BCUT2D eigenvalue weighted by molar-refractivity contribution is 5.90. The number of aromatic nitrogens is 3. The number of rotatable bonds is 8. The molecule has 0 saturated carbocycles. The van der Waals surface area contributed by atoms with E-state index in [1.807, 2.05) is 48.7 Å². The van der Waals surface area contributed by atoms with Crippen LogP contribution in [0.1, 0.15) is 30.5 Å². The van der Waals surface area contributed by atoms with Gasteiger partial charge in [-0.1, -0.05) is 30.3 Å². The van der Waals surface area contributed by atoms with Gasteiger partial charge in [0.05, 0.1) is 12.5 Å². The topological polar surface area (TPSA) is 88.9 Å². The van der Waals surface area contributed by atoms with Gasteiger partial charge < -0.3 is 10.6 Å². The molecule has 28 heavy (non-hydrogen) atoms. The first-order valence-corrected chi connectivity index (χ1v) is 9.14. The molecule has 0 bridgehead atoms. The Kier molecular flexibility index (Phi) is 6.51. The van der Waals surface area contributed by atoms with Gasteiger partial charge in [-0.3, -0.25) is 19.3 Å². The van der Waals surface area contributed by atoms with Gasteiger partial charge in [0.25, 0.3) is 0 Å². The highest BCUT2D eigenvalue weighted by Crippen LogP contribution is 2.17. The smallest absolute Gasteiger partial charge is 0.227 e. The number of amides is 2. The molecule has 0 saturated heterocycles. The van der Waals surface area contributed by atoms with E-state index < -0.39 is 0 Å². The third-order valence-electron chi connectivity index (χ3n) is 4.26. The molecule has 3 rings (SSSR count). The molecule has 2 amide bonds. The fourth-order valence-electron chi connectivity index (χ4n) is 2.91. The molecule has 0 spiro atoms. The van der Waals surface area contributed by atoms with Crippen LogP contribution in [0.2, 0.25) is 0 Å². The lowest BCUT2D eigenvalue weighted by Crippen LogP contribution is -2.29. The number of nitrogens with one attached hydrogen (secondary N) is 2. The molecule has 0 aliphatic carbocycles. The summed E-state index contributed by atoms with van der Waals surface area (Å²) in [6.07, 6.45) is 6.33. The molecule has 1 aromatic carbocycles. The van der Waals surface area contributed by atoms with Gasteiger partial charge in [0.2, 0.25) is 11.8 Å². The standard InChI is InChI=1S/C21H23N5O2/c1-16(27)23-19(18-5-3-2-4-6-18)15-21(28)24-20-10-14-26(25-20)13-9-17-7-11-22-12-8-17/h2-8,10-12,14,19H,9,13,15H2,1H3,(H,23,27)(H,24,25,28). The van der Waals surface area contributed by atoms with Crippen LogP contribution in [-0.4, -0.2) is 26.6 Å². The number of pyridine rings is 1. The van der Waals surface area contributed by atoms with Crippen LogP contribution in [0.4, 0.5) is 5.82 Å². The molecular formula is C21H23N5O2. The van der Waals surface area contributed by atoms with Crippen molar-refractivity contribution in [1.29, 1.82) is 0 Å². The molecule has 144 valence electrons. The zero-order valence-corrected chi connectivity index (χ0v) is 15.7. The second-order valence-electron chi connectivity index (χ2n) is 6.49. The number of aryl methyl sites for hydroxylation is 2. The lowest BCUT2D eigenvalue weighted by Gasteiger charge is -2.17. The summed E-state index contributed by atoms with van der Waals surface area (Å²) in [5.41, 5.74) is 2.06. The minimum atomic E-state index is -0.382. The number of carbonyl (C=O) groups is 2. The largest absolute Gasteiger partial charge is 0.349 e. The third-order valence-corrected chi connectivity index (χ3v) is 4.26. The molecule has 0 aliphatic heterocycles. The van der Waals surface area contributed by atoms with Crippen molar-refractivity contribution in [2.24, 2.45) is 0 Å². The van der Waals surface area contributed by atoms with Gasteiger partial charge in [0, 0.05) is 38.1 Å². The SMILES string of the molecule is CC(=O)NC(CC(=O)Nc1ccn(CCc2ccncc2)n1)c1ccccc1. The lowest BCUT2D eigenvalue weighted by molar-refractivity contribution is -0.120. The molecule has 3 aromatic rings. The molecule has 0 fully saturated rings. The Balaban J connectivity index is 1.56. The first-order valence-electron chi connectivity index (χ1n) is 9.14. The summed E-state index contributed by atoms with van der Waals surface area (Å²) in [4.78, 5) is 27.9. The quantitative estimate of drug-likeness (QED) is 0.632. The maximum absolute atomic E-state index is 12.4. The van der Waals surface area contributed by atoms with Crippen molar-refractivity contribution in [3.05, 3.63) is 78.2 Å². The summed E-state index contributed by atoms with van der Waals surface area (Å²) >= 11 is 0. The van der Waals surface area contributed by atoms with E-state index in [0.717, 1.165) is 12.0 Å². The molecule has 1 atom stereocenters. The second-order valence-corrected chi connectivity index (χ2v) is 6.49. The molecule has 2 heterocycles. The first-order chi connectivity index (χ1) is 13.6. The molecule has 2 N–H and O–H groups in total. The molecule has 2 aromatic heterocycles. The highest BCUT2D eigenvalue weighted by atomic mass is 16.2. The average Bonchev–Trinajstić information content (AvgIpc) is 3.14. The van der Waals surface area contributed by atoms with E-state index in [9.17, 15) is 9.59 Å². The number of anilines is 1. The van der Waals surface area contributed by atoms with Crippen LogP contribution in [0.3, 0.4) is 0 Å². The predicted octanol–water partition coefficient (Wildman–Crippen LogP) is 2.73. The van der Waals surface area contributed by atoms with Crippen molar-refractivity contribution in [2.75, 3.05) is 5.32 Å². The summed E-state index contributed by atoms with van der Waals surface area (Å²) in [5.74, 6) is 0.110. The summed E-state index contributed by atoms with van der Waals surface area (Å²) in [6, 6.07) is 14.8. The molecular weight excluding hydrogens is 354 g/mol. The number of carbonyl (C=O) groups excluding carboxylic acids is 2. The van der Waals surface area contributed by atoms with Crippen molar-refractivity contribution < 1.29 is 9.59 Å². The summed E-state index contributed by atoms with van der Waals surface area (Å²) in [6.45, 7) is 2.15. The molecule has 0 radical (unpaired) electrons. The summed E-state index contributed by atoms with van der Waals surface area (Å²) in [7, 11) is 0. The van der Waals surface area contributed by atoms with Gasteiger partial charge in [-0.2, -0.15) is 5.10 Å². The molecule has 7 heteroatoms.